The Morgan fingerprint density at radius 3 is 2.88 bits per heavy atom. The standard InChI is InChI=1S/C13H18N2OS/c1-9(2)10-5-3-4-6-11(10)15-13(16)12-7-17-8-14-12/h3-6,9,12,14H,7-8H2,1-2H3,(H,15,16). The predicted molar refractivity (Wildman–Crippen MR) is 73.4 cm³/mol. The van der Waals surface area contributed by atoms with E-state index in [4.69, 9.17) is 0 Å². The number of hydrogen-bond donors (Lipinski definition) is 2. The Labute approximate surface area is 106 Å². The molecule has 2 rings (SSSR count). The number of benzene rings is 1. The third-order valence-electron chi connectivity index (χ3n) is 2.87. The Hall–Kier alpha value is -1.000. The molecule has 1 aromatic carbocycles. The highest BCUT2D eigenvalue weighted by atomic mass is 32.2. The molecule has 1 aliphatic heterocycles. The Morgan fingerprint density at radius 2 is 2.24 bits per heavy atom. The highest BCUT2D eigenvalue weighted by Crippen LogP contribution is 2.24. The summed E-state index contributed by atoms with van der Waals surface area (Å²) in [6, 6.07) is 7.94. The molecule has 0 bridgehead atoms. The summed E-state index contributed by atoms with van der Waals surface area (Å²) in [7, 11) is 0. The van der Waals surface area contributed by atoms with Gasteiger partial charge in [-0.1, -0.05) is 32.0 Å². The van der Waals surface area contributed by atoms with E-state index in [1.165, 1.54) is 5.56 Å². The van der Waals surface area contributed by atoms with Crippen molar-refractivity contribution < 1.29 is 4.79 Å². The average Bonchev–Trinajstić information content (AvgIpc) is 2.83. The second kappa shape index (κ2) is 5.56. The number of nitrogens with one attached hydrogen (secondary N) is 2. The number of carbonyl (C=O) groups excluding carboxylic acids is 1. The summed E-state index contributed by atoms with van der Waals surface area (Å²) in [6.07, 6.45) is 0. The van der Waals surface area contributed by atoms with Gasteiger partial charge in [-0.25, -0.2) is 0 Å². The number of rotatable bonds is 3. The van der Waals surface area contributed by atoms with Crippen LogP contribution >= 0.6 is 11.8 Å². The van der Waals surface area contributed by atoms with E-state index in [0.29, 0.717) is 5.92 Å². The Bertz CT molecular complexity index is 400. The van der Waals surface area contributed by atoms with Crippen molar-refractivity contribution in [1.29, 1.82) is 0 Å². The van der Waals surface area contributed by atoms with Crippen molar-refractivity contribution in [3.05, 3.63) is 29.8 Å². The predicted octanol–water partition coefficient (Wildman–Crippen LogP) is 2.41. The van der Waals surface area contributed by atoms with Gasteiger partial charge in [0.1, 0.15) is 0 Å². The van der Waals surface area contributed by atoms with Crippen LogP contribution in [0.25, 0.3) is 0 Å². The molecule has 1 fully saturated rings. The molecule has 1 aliphatic rings. The van der Waals surface area contributed by atoms with Gasteiger partial charge in [-0.05, 0) is 17.5 Å². The minimum Gasteiger partial charge on any atom is -0.324 e. The van der Waals surface area contributed by atoms with E-state index < -0.39 is 0 Å². The van der Waals surface area contributed by atoms with Gasteiger partial charge >= 0.3 is 0 Å². The first-order chi connectivity index (χ1) is 8.18. The highest BCUT2D eigenvalue weighted by Gasteiger charge is 2.23. The van der Waals surface area contributed by atoms with Crippen molar-refractivity contribution in [1.82, 2.24) is 5.32 Å². The maximum absolute atomic E-state index is 12.0. The van der Waals surface area contributed by atoms with Crippen molar-refractivity contribution >= 4 is 23.4 Å². The molecule has 0 radical (unpaired) electrons. The van der Waals surface area contributed by atoms with Crippen LogP contribution in [0.2, 0.25) is 0 Å². The molecule has 1 unspecified atom stereocenters. The smallest absolute Gasteiger partial charge is 0.242 e. The fraction of sp³-hybridized carbons (Fsp3) is 0.462. The fourth-order valence-electron chi connectivity index (χ4n) is 1.90. The van der Waals surface area contributed by atoms with E-state index in [1.54, 1.807) is 11.8 Å². The fourth-order valence-corrected chi connectivity index (χ4v) is 2.84. The minimum atomic E-state index is -0.0554. The lowest BCUT2D eigenvalue weighted by Crippen LogP contribution is -2.37. The van der Waals surface area contributed by atoms with E-state index in [2.05, 4.69) is 30.5 Å². The Balaban J connectivity index is 2.09. The van der Waals surface area contributed by atoms with Crippen molar-refractivity contribution in [2.24, 2.45) is 0 Å². The second-order valence-corrected chi connectivity index (χ2v) is 5.53. The van der Waals surface area contributed by atoms with Gasteiger partial charge in [0.05, 0.1) is 6.04 Å². The van der Waals surface area contributed by atoms with Crippen molar-refractivity contribution in [3.8, 4) is 0 Å². The van der Waals surface area contributed by atoms with Gasteiger partial charge in [0.2, 0.25) is 5.91 Å². The maximum atomic E-state index is 12.0. The number of carbonyl (C=O) groups is 1. The summed E-state index contributed by atoms with van der Waals surface area (Å²) in [4.78, 5) is 12.0. The van der Waals surface area contributed by atoms with Gasteiger partial charge in [0.15, 0.2) is 0 Å². The monoisotopic (exact) mass is 250 g/mol. The van der Waals surface area contributed by atoms with Crippen LogP contribution in [0, 0.1) is 0 Å². The first-order valence-electron chi connectivity index (χ1n) is 5.89. The number of hydrogen-bond acceptors (Lipinski definition) is 3. The summed E-state index contributed by atoms with van der Waals surface area (Å²) in [5, 5.41) is 6.20. The first-order valence-corrected chi connectivity index (χ1v) is 7.05. The van der Waals surface area contributed by atoms with Crippen LogP contribution in [0.4, 0.5) is 5.69 Å². The topological polar surface area (TPSA) is 41.1 Å². The number of amides is 1. The van der Waals surface area contributed by atoms with E-state index in [-0.39, 0.29) is 11.9 Å². The Morgan fingerprint density at radius 1 is 1.47 bits per heavy atom. The van der Waals surface area contributed by atoms with Crippen molar-refractivity contribution in [2.75, 3.05) is 16.9 Å². The largest absolute Gasteiger partial charge is 0.324 e. The van der Waals surface area contributed by atoms with Crippen LogP contribution in [-0.4, -0.2) is 23.6 Å². The van der Waals surface area contributed by atoms with Crippen LogP contribution in [-0.2, 0) is 4.79 Å². The van der Waals surface area contributed by atoms with E-state index in [1.807, 2.05) is 18.2 Å². The molecule has 1 heterocycles. The van der Waals surface area contributed by atoms with Crippen LogP contribution in [0.3, 0.4) is 0 Å². The lowest BCUT2D eigenvalue weighted by molar-refractivity contribution is -0.117. The minimum absolute atomic E-state index is 0.0554. The van der Waals surface area contributed by atoms with Gasteiger partial charge in [-0.15, -0.1) is 11.8 Å². The van der Waals surface area contributed by atoms with Crippen molar-refractivity contribution in [3.63, 3.8) is 0 Å². The molecule has 1 atom stereocenters. The molecule has 4 heteroatoms. The zero-order valence-electron chi connectivity index (χ0n) is 10.2. The van der Waals surface area contributed by atoms with Crippen LogP contribution in [0.1, 0.15) is 25.3 Å². The molecule has 0 aromatic heterocycles. The molecule has 0 spiro atoms. The van der Waals surface area contributed by atoms with Gasteiger partial charge in [-0.2, -0.15) is 0 Å². The molecule has 1 amide bonds. The highest BCUT2D eigenvalue weighted by molar-refractivity contribution is 7.99. The molecule has 1 aromatic rings. The summed E-state index contributed by atoms with van der Waals surface area (Å²) in [5.41, 5.74) is 2.12. The zero-order valence-corrected chi connectivity index (χ0v) is 11.0. The third-order valence-corrected chi connectivity index (χ3v) is 3.81. The lowest BCUT2D eigenvalue weighted by Gasteiger charge is -2.15. The molecule has 92 valence electrons. The molecular formula is C13H18N2OS. The number of anilines is 1. The second-order valence-electron chi connectivity index (χ2n) is 4.50. The van der Waals surface area contributed by atoms with Gasteiger partial charge in [-0.3, -0.25) is 10.1 Å². The Kier molecular flexibility index (Phi) is 4.07. The molecule has 0 aliphatic carbocycles. The number of para-hydroxylation sites is 1. The first kappa shape index (κ1) is 12.5. The molecular weight excluding hydrogens is 232 g/mol. The lowest BCUT2D eigenvalue weighted by atomic mass is 10.0. The SMILES string of the molecule is CC(C)c1ccccc1NC(=O)C1CSCN1. The van der Waals surface area contributed by atoms with Crippen LogP contribution < -0.4 is 10.6 Å². The molecule has 17 heavy (non-hydrogen) atoms. The summed E-state index contributed by atoms with van der Waals surface area (Å²) < 4.78 is 0. The van der Waals surface area contributed by atoms with Crippen LogP contribution in [0.15, 0.2) is 24.3 Å². The molecule has 1 saturated heterocycles. The molecule has 3 nitrogen and oxygen atoms in total. The number of thioether (sulfide) groups is 1. The molecule has 2 N–H and O–H groups in total. The quantitative estimate of drug-likeness (QED) is 0.865. The summed E-state index contributed by atoms with van der Waals surface area (Å²) in [5.74, 6) is 2.21. The van der Waals surface area contributed by atoms with Crippen LogP contribution in [0.5, 0.6) is 0 Å². The van der Waals surface area contributed by atoms with Crippen molar-refractivity contribution in [2.45, 2.75) is 25.8 Å². The maximum Gasteiger partial charge on any atom is 0.242 e. The van der Waals surface area contributed by atoms with Gasteiger partial charge in [0.25, 0.3) is 0 Å². The zero-order chi connectivity index (χ0) is 12.3. The summed E-state index contributed by atoms with van der Waals surface area (Å²) in [6.45, 7) is 4.27. The van der Waals surface area contributed by atoms with E-state index in [0.717, 1.165) is 17.3 Å². The average molecular weight is 250 g/mol. The van der Waals surface area contributed by atoms with Gasteiger partial charge in [0, 0.05) is 17.3 Å². The van der Waals surface area contributed by atoms with E-state index in [9.17, 15) is 4.79 Å². The third kappa shape index (κ3) is 3.01. The normalized spacial score (nSPS) is 19.6. The van der Waals surface area contributed by atoms with E-state index >= 15 is 0 Å². The molecule has 0 saturated carbocycles. The summed E-state index contributed by atoms with van der Waals surface area (Å²) >= 11 is 1.76. The van der Waals surface area contributed by atoms with Gasteiger partial charge < -0.3 is 5.32 Å².